The lowest BCUT2D eigenvalue weighted by molar-refractivity contribution is -0.128. The topological polar surface area (TPSA) is 60.4 Å². The largest absolute Gasteiger partial charge is 0.495 e. The standard InChI is InChI=1S/C25H33N5O2/c1-26-25(29-15-13-28(14-16-29)22-9-3-4-10-23(22)32-2)27-18-20-7-5-8-21(17-20)19-30-12-6-11-24(30)31/h3-5,7-10,17H,6,11-16,18-19H2,1-2H3,(H,26,27). The van der Waals surface area contributed by atoms with Crippen LogP contribution in [-0.2, 0) is 17.9 Å². The van der Waals surface area contributed by atoms with Crippen LogP contribution in [0.25, 0.3) is 0 Å². The summed E-state index contributed by atoms with van der Waals surface area (Å²) in [6.07, 6.45) is 1.66. The van der Waals surface area contributed by atoms with Gasteiger partial charge in [-0.25, -0.2) is 0 Å². The van der Waals surface area contributed by atoms with Gasteiger partial charge in [-0.15, -0.1) is 0 Å². The van der Waals surface area contributed by atoms with E-state index >= 15 is 0 Å². The number of nitrogens with one attached hydrogen (secondary N) is 1. The molecule has 2 saturated heterocycles. The number of para-hydroxylation sites is 2. The summed E-state index contributed by atoms with van der Waals surface area (Å²) in [6.45, 7) is 5.91. The van der Waals surface area contributed by atoms with Crippen molar-refractivity contribution in [1.82, 2.24) is 15.1 Å². The normalized spacial score (nSPS) is 17.1. The van der Waals surface area contributed by atoms with Gasteiger partial charge >= 0.3 is 0 Å². The Morgan fingerprint density at radius 3 is 2.53 bits per heavy atom. The van der Waals surface area contributed by atoms with Crippen molar-refractivity contribution in [3.63, 3.8) is 0 Å². The highest BCUT2D eigenvalue weighted by Gasteiger charge is 2.22. The van der Waals surface area contributed by atoms with Gasteiger partial charge in [0.15, 0.2) is 5.96 Å². The molecule has 0 atom stereocenters. The zero-order chi connectivity index (χ0) is 22.3. The number of anilines is 1. The first-order valence-corrected chi connectivity index (χ1v) is 11.4. The van der Waals surface area contributed by atoms with Crippen LogP contribution in [0.15, 0.2) is 53.5 Å². The van der Waals surface area contributed by atoms with Crippen LogP contribution in [0.3, 0.4) is 0 Å². The highest BCUT2D eigenvalue weighted by Crippen LogP contribution is 2.28. The molecule has 0 unspecified atom stereocenters. The number of amides is 1. The zero-order valence-electron chi connectivity index (χ0n) is 19.1. The van der Waals surface area contributed by atoms with Gasteiger partial charge in [0.2, 0.25) is 5.91 Å². The van der Waals surface area contributed by atoms with Crippen LogP contribution in [0, 0.1) is 0 Å². The molecular formula is C25H33N5O2. The lowest BCUT2D eigenvalue weighted by atomic mass is 10.1. The van der Waals surface area contributed by atoms with Crippen molar-refractivity contribution >= 4 is 17.6 Å². The van der Waals surface area contributed by atoms with E-state index in [1.54, 1.807) is 7.11 Å². The lowest BCUT2D eigenvalue weighted by Crippen LogP contribution is -2.52. The first kappa shape index (κ1) is 22.0. The van der Waals surface area contributed by atoms with Gasteiger partial charge in [0.25, 0.3) is 0 Å². The quantitative estimate of drug-likeness (QED) is 0.559. The Labute approximate surface area is 190 Å². The second-order valence-electron chi connectivity index (χ2n) is 8.29. The molecule has 0 bridgehead atoms. The maximum absolute atomic E-state index is 11.9. The van der Waals surface area contributed by atoms with Gasteiger partial charge in [-0.2, -0.15) is 0 Å². The van der Waals surface area contributed by atoms with Crippen molar-refractivity contribution in [3.8, 4) is 5.75 Å². The molecule has 2 aromatic carbocycles. The second kappa shape index (κ2) is 10.4. The molecule has 1 amide bonds. The minimum atomic E-state index is 0.265. The molecule has 4 rings (SSSR count). The van der Waals surface area contributed by atoms with E-state index in [2.05, 4.69) is 56.5 Å². The molecule has 2 heterocycles. The molecule has 7 heteroatoms. The SMILES string of the molecule is CN=C(NCc1cccc(CN2CCCC2=O)c1)N1CCN(c2ccccc2OC)CC1. The van der Waals surface area contributed by atoms with Gasteiger partial charge in [-0.3, -0.25) is 9.79 Å². The molecule has 0 aromatic heterocycles. The van der Waals surface area contributed by atoms with E-state index < -0.39 is 0 Å². The van der Waals surface area contributed by atoms with Gasteiger partial charge in [0, 0.05) is 59.3 Å². The maximum Gasteiger partial charge on any atom is 0.222 e. The van der Waals surface area contributed by atoms with Crippen LogP contribution in [0.1, 0.15) is 24.0 Å². The lowest BCUT2D eigenvalue weighted by Gasteiger charge is -2.38. The summed E-state index contributed by atoms with van der Waals surface area (Å²) in [5.41, 5.74) is 3.52. The molecule has 7 nitrogen and oxygen atoms in total. The van der Waals surface area contributed by atoms with E-state index in [4.69, 9.17) is 4.74 Å². The van der Waals surface area contributed by atoms with Gasteiger partial charge in [-0.05, 0) is 29.7 Å². The Kier molecular flexibility index (Phi) is 7.14. The summed E-state index contributed by atoms with van der Waals surface area (Å²) < 4.78 is 5.53. The third kappa shape index (κ3) is 5.15. The van der Waals surface area contributed by atoms with Crippen molar-refractivity contribution in [1.29, 1.82) is 0 Å². The number of carbonyl (C=O) groups is 1. The first-order chi connectivity index (χ1) is 15.7. The van der Waals surface area contributed by atoms with E-state index in [1.807, 2.05) is 24.1 Å². The molecule has 2 aromatic rings. The van der Waals surface area contributed by atoms with E-state index in [-0.39, 0.29) is 5.91 Å². The Bertz CT molecular complexity index is 953. The predicted molar refractivity (Wildman–Crippen MR) is 128 cm³/mol. The number of methoxy groups -OCH3 is 1. The average molecular weight is 436 g/mol. The molecule has 0 aliphatic carbocycles. The van der Waals surface area contributed by atoms with Crippen molar-refractivity contribution in [2.24, 2.45) is 4.99 Å². The molecule has 0 saturated carbocycles. The number of aliphatic imine (C=N–C) groups is 1. The molecule has 2 fully saturated rings. The average Bonchev–Trinajstić information content (AvgIpc) is 3.24. The molecule has 2 aliphatic rings. The van der Waals surface area contributed by atoms with Crippen molar-refractivity contribution in [2.45, 2.75) is 25.9 Å². The van der Waals surface area contributed by atoms with E-state index in [9.17, 15) is 4.79 Å². The summed E-state index contributed by atoms with van der Waals surface area (Å²) in [5.74, 6) is 2.10. The Balaban J connectivity index is 1.31. The number of benzene rings is 2. The third-order valence-electron chi connectivity index (χ3n) is 6.20. The number of likely N-dealkylation sites (tertiary alicyclic amines) is 1. The van der Waals surface area contributed by atoms with Gasteiger partial charge in [0.1, 0.15) is 5.75 Å². The first-order valence-electron chi connectivity index (χ1n) is 11.4. The third-order valence-corrected chi connectivity index (χ3v) is 6.20. The molecule has 170 valence electrons. The molecular weight excluding hydrogens is 402 g/mol. The fourth-order valence-electron chi connectivity index (χ4n) is 4.49. The molecule has 0 radical (unpaired) electrons. The minimum Gasteiger partial charge on any atom is -0.495 e. The van der Waals surface area contributed by atoms with Gasteiger partial charge in [0.05, 0.1) is 12.8 Å². The number of nitrogens with zero attached hydrogens (tertiary/aromatic N) is 4. The molecule has 0 spiro atoms. The number of hydrogen-bond donors (Lipinski definition) is 1. The molecule has 2 aliphatic heterocycles. The van der Waals surface area contributed by atoms with Gasteiger partial charge < -0.3 is 24.8 Å². The smallest absolute Gasteiger partial charge is 0.222 e. The summed E-state index contributed by atoms with van der Waals surface area (Å²) in [5, 5.41) is 3.51. The van der Waals surface area contributed by atoms with Crippen molar-refractivity contribution in [3.05, 3.63) is 59.7 Å². The Morgan fingerprint density at radius 2 is 1.81 bits per heavy atom. The zero-order valence-corrected chi connectivity index (χ0v) is 19.1. The van der Waals surface area contributed by atoms with Crippen LogP contribution >= 0.6 is 0 Å². The highest BCUT2D eigenvalue weighted by molar-refractivity contribution is 5.80. The fraction of sp³-hybridized carbons (Fsp3) is 0.440. The van der Waals surface area contributed by atoms with Crippen LogP contribution in [0.2, 0.25) is 0 Å². The van der Waals surface area contributed by atoms with Crippen LogP contribution in [0.4, 0.5) is 5.69 Å². The minimum absolute atomic E-state index is 0.265. The number of guanidine groups is 1. The number of hydrogen-bond acceptors (Lipinski definition) is 4. The van der Waals surface area contributed by atoms with Gasteiger partial charge in [-0.1, -0.05) is 36.4 Å². The summed E-state index contributed by atoms with van der Waals surface area (Å²) in [4.78, 5) is 23.1. The Hall–Kier alpha value is -3.22. The Morgan fingerprint density at radius 1 is 1.03 bits per heavy atom. The number of carbonyl (C=O) groups excluding carboxylic acids is 1. The number of rotatable bonds is 6. The van der Waals surface area contributed by atoms with Crippen LogP contribution in [0.5, 0.6) is 5.75 Å². The maximum atomic E-state index is 11.9. The predicted octanol–water partition coefficient (Wildman–Crippen LogP) is 2.72. The summed E-state index contributed by atoms with van der Waals surface area (Å²) in [6, 6.07) is 16.7. The molecule has 32 heavy (non-hydrogen) atoms. The van der Waals surface area contributed by atoms with Crippen molar-refractivity contribution in [2.75, 3.05) is 51.8 Å². The summed E-state index contributed by atoms with van der Waals surface area (Å²) >= 11 is 0. The highest BCUT2D eigenvalue weighted by atomic mass is 16.5. The van der Waals surface area contributed by atoms with E-state index in [1.165, 1.54) is 11.1 Å². The van der Waals surface area contributed by atoms with E-state index in [0.29, 0.717) is 19.5 Å². The summed E-state index contributed by atoms with van der Waals surface area (Å²) in [7, 11) is 3.56. The van der Waals surface area contributed by atoms with Crippen LogP contribution in [-0.4, -0.2) is 68.5 Å². The fourth-order valence-corrected chi connectivity index (χ4v) is 4.49. The van der Waals surface area contributed by atoms with Crippen molar-refractivity contribution < 1.29 is 9.53 Å². The van der Waals surface area contributed by atoms with Crippen LogP contribution < -0.4 is 15.0 Å². The number of piperazine rings is 1. The van der Waals surface area contributed by atoms with E-state index in [0.717, 1.165) is 56.5 Å². The number of ether oxygens (including phenoxy) is 1. The monoisotopic (exact) mass is 435 g/mol. The second-order valence-corrected chi connectivity index (χ2v) is 8.29. The molecule has 1 N–H and O–H groups in total.